The maximum atomic E-state index is 14.3. The smallest absolute Gasteiger partial charge is 0.189 e. The fourth-order valence-corrected chi connectivity index (χ4v) is 7.68. The van der Waals surface area contributed by atoms with E-state index in [1.807, 2.05) is 59.7 Å². The molecule has 0 unspecified atom stereocenters. The monoisotopic (exact) mass is 476 g/mol. The largest absolute Gasteiger partial charge is 0.292 e. The van der Waals surface area contributed by atoms with Gasteiger partial charge < -0.3 is 0 Å². The van der Waals surface area contributed by atoms with Crippen molar-refractivity contribution < 1.29 is 13.3 Å². The Hall–Kier alpha value is -2.67. The number of hydrogen-bond acceptors (Lipinski definition) is 5. The SMILES string of the molecule is CC(C)C[C@H]1[C@@H]2N(c3ccccc3)OC[C@]2(S(=O)(=O)c2ccccc2)CN1Cc1ccccc1. The van der Waals surface area contributed by atoms with E-state index in [2.05, 4.69) is 30.9 Å². The van der Waals surface area contributed by atoms with Crippen LogP contribution in [0.1, 0.15) is 25.8 Å². The second-order valence-electron chi connectivity index (χ2n) is 9.85. The molecule has 3 aromatic rings. The molecule has 0 aliphatic carbocycles. The molecular formula is C28H32N2O3S. The van der Waals surface area contributed by atoms with Crippen LogP contribution in [-0.4, -0.2) is 43.3 Å². The van der Waals surface area contributed by atoms with Gasteiger partial charge >= 0.3 is 0 Å². The lowest BCUT2D eigenvalue weighted by molar-refractivity contribution is 0.108. The van der Waals surface area contributed by atoms with Crippen molar-refractivity contribution in [2.24, 2.45) is 5.92 Å². The lowest BCUT2D eigenvalue weighted by Gasteiger charge is -2.35. The first-order valence-corrected chi connectivity index (χ1v) is 13.5. The summed E-state index contributed by atoms with van der Waals surface area (Å²) in [6.45, 7) is 5.70. The van der Waals surface area contributed by atoms with Crippen LogP contribution in [0.2, 0.25) is 0 Å². The Morgan fingerprint density at radius 3 is 2.12 bits per heavy atom. The fourth-order valence-electron chi connectivity index (χ4n) is 5.58. The van der Waals surface area contributed by atoms with Gasteiger partial charge in [0.25, 0.3) is 0 Å². The molecule has 2 aliphatic rings. The number of rotatable bonds is 7. The highest BCUT2D eigenvalue weighted by Gasteiger charge is 2.66. The Bertz CT molecular complexity index is 1200. The molecule has 2 fully saturated rings. The van der Waals surface area contributed by atoms with E-state index < -0.39 is 14.6 Å². The van der Waals surface area contributed by atoms with E-state index in [4.69, 9.17) is 4.84 Å². The van der Waals surface area contributed by atoms with Crippen LogP contribution >= 0.6 is 0 Å². The van der Waals surface area contributed by atoms with Gasteiger partial charge in [-0.3, -0.25) is 9.74 Å². The van der Waals surface area contributed by atoms with Crippen molar-refractivity contribution in [3.63, 3.8) is 0 Å². The lowest BCUT2D eigenvalue weighted by Crippen LogP contribution is -2.53. The molecule has 2 aliphatic heterocycles. The number of para-hydroxylation sites is 1. The predicted molar refractivity (Wildman–Crippen MR) is 135 cm³/mol. The Labute approximate surface area is 202 Å². The number of fused-ring (bicyclic) bond motifs is 1. The van der Waals surface area contributed by atoms with Gasteiger partial charge in [0.15, 0.2) is 9.84 Å². The van der Waals surface area contributed by atoms with E-state index in [1.54, 1.807) is 24.3 Å². The summed E-state index contributed by atoms with van der Waals surface area (Å²) in [6, 6.07) is 28.8. The van der Waals surface area contributed by atoms with Crippen LogP contribution in [0.4, 0.5) is 5.69 Å². The molecule has 0 saturated carbocycles. The third-order valence-electron chi connectivity index (χ3n) is 7.08. The highest BCUT2D eigenvalue weighted by molar-refractivity contribution is 7.93. The van der Waals surface area contributed by atoms with E-state index in [0.29, 0.717) is 23.9 Å². The van der Waals surface area contributed by atoms with Crippen molar-refractivity contribution in [2.45, 2.75) is 48.5 Å². The summed E-state index contributed by atoms with van der Waals surface area (Å²) in [7, 11) is -3.68. The molecule has 3 aromatic carbocycles. The summed E-state index contributed by atoms with van der Waals surface area (Å²) in [5, 5.41) is 1.89. The van der Waals surface area contributed by atoms with Crippen LogP contribution < -0.4 is 5.06 Å². The van der Waals surface area contributed by atoms with Crippen molar-refractivity contribution in [3.05, 3.63) is 96.6 Å². The van der Waals surface area contributed by atoms with Crippen LogP contribution in [0.25, 0.3) is 0 Å². The van der Waals surface area contributed by atoms with E-state index >= 15 is 0 Å². The van der Waals surface area contributed by atoms with Gasteiger partial charge in [-0.2, -0.15) is 0 Å². The molecule has 0 radical (unpaired) electrons. The molecule has 5 nitrogen and oxygen atoms in total. The van der Waals surface area contributed by atoms with Crippen molar-refractivity contribution in [3.8, 4) is 0 Å². The van der Waals surface area contributed by atoms with Crippen molar-refractivity contribution in [1.29, 1.82) is 0 Å². The zero-order valence-corrected chi connectivity index (χ0v) is 20.6. The highest BCUT2D eigenvalue weighted by Crippen LogP contribution is 2.48. The zero-order valence-electron chi connectivity index (χ0n) is 19.7. The van der Waals surface area contributed by atoms with Crippen molar-refractivity contribution in [1.82, 2.24) is 4.90 Å². The number of hydroxylamine groups is 1. The van der Waals surface area contributed by atoms with E-state index in [-0.39, 0.29) is 18.7 Å². The normalized spacial score (nSPS) is 25.1. The second-order valence-corrected chi connectivity index (χ2v) is 12.1. The summed E-state index contributed by atoms with van der Waals surface area (Å²) in [5.74, 6) is 0.414. The molecule has 6 heteroatoms. The Morgan fingerprint density at radius 2 is 1.50 bits per heavy atom. The van der Waals surface area contributed by atoms with Crippen molar-refractivity contribution in [2.75, 3.05) is 18.2 Å². The average molecular weight is 477 g/mol. The van der Waals surface area contributed by atoms with Crippen LogP contribution in [0.5, 0.6) is 0 Å². The molecular weight excluding hydrogens is 444 g/mol. The molecule has 0 aromatic heterocycles. The number of sulfone groups is 1. The van der Waals surface area contributed by atoms with Crippen LogP contribution in [-0.2, 0) is 21.2 Å². The zero-order chi connectivity index (χ0) is 23.8. The van der Waals surface area contributed by atoms with Crippen LogP contribution in [0, 0.1) is 5.92 Å². The average Bonchev–Trinajstić information content (AvgIpc) is 3.37. The standard InChI is InChI=1S/C28H32N2O3S/c1-22(2)18-26-27-28(34(31,32)25-16-10-5-11-17-25,20-29(26)19-23-12-6-3-7-13-23)21-33-30(27)24-14-8-4-9-15-24/h3-17,22,26-27H,18-21H2,1-2H3/t26-,27-,28+/m0/s1. The summed E-state index contributed by atoms with van der Waals surface area (Å²) in [6.07, 6.45) is 0.885. The third-order valence-corrected chi connectivity index (χ3v) is 9.54. The van der Waals surface area contributed by atoms with Crippen LogP contribution in [0.15, 0.2) is 95.9 Å². The third kappa shape index (κ3) is 3.94. The minimum Gasteiger partial charge on any atom is -0.292 e. The van der Waals surface area contributed by atoms with Crippen molar-refractivity contribution >= 4 is 15.5 Å². The number of likely N-dealkylation sites (tertiary alicyclic amines) is 1. The second kappa shape index (κ2) is 9.17. The summed E-state index contributed by atoms with van der Waals surface area (Å²) in [4.78, 5) is 8.99. The van der Waals surface area contributed by atoms with E-state index in [9.17, 15) is 8.42 Å². The molecule has 5 rings (SSSR count). The number of benzene rings is 3. The molecule has 178 valence electrons. The quantitative estimate of drug-likeness (QED) is 0.483. The Morgan fingerprint density at radius 1 is 0.912 bits per heavy atom. The van der Waals surface area contributed by atoms with E-state index in [1.165, 1.54) is 5.56 Å². The van der Waals surface area contributed by atoms with Gasteiger partial charge in [0.2, 0.25) is 0 Å². The molecule has 2 saturated heterocycles. The minimum atomic E-state index is -3.68. The topological polar surface area (TPSA) is 49.9 Å². The van der Waals surface area contributed by atoms with Gasteiger partial charge in [-0.05, 0) is 42.2 Å². The number of hydrogen-bond donors (Lipinski definition) is 0. The highest BCUT2D eigenvalue weighted by atomic mass is 32.2. The number of nitrogens with zero attached hydrogens (tertiary/aromatic N) is 2. The number of anilines is 1. The Kier molecular flexibility index (Phi) is 6.23. The first-order valence-electron chi connectivity index (χ1n) is 12.0. The lowest BCUT2D eigenvalue weighted by atomic mass is 9.92. The first-order chi connectivity index (χ1) is 16.4. The molecule has 2 heterocycles. The molecule has 0 spiro atoms. The maximum Gasteiger partial charge on any atom is 0.189 e. The molecule has 34 heavy (non-hydrogen) atoms. The summed E-state index contributed by atoms with van der Waals surface area (Å²) >= 11 is 0. The van der Waals surface area contributed by atoms with E-state index in [0.717, 1.165) is 12.1 Å². The maximum absolute atomic E-state index is 14.3. The minimum absolute atomic E-state index is 0.0291. The molecule has 3 atom stereocenters. The molecule has 0 bridgehead atoms. The summed E-state index contributed by atoms with van der Waals surface area (Å²) < 4.78 is 27.6. The van der Waals surface area contributed by atoms with Gasteiger partial charge in [-0.15, -0.1) is 0 Å². The van der Waals surface area contributed by atoms with Gasteiger partial charge in [0, 0.05) is 19.1 Å². The van der Waals surface area contributed by atoms with Gasteiger partial charge in [-0.1, -0.05) is 80.6 Å². The fraction of sp³-hybridized carbons (Fsp3) is 0.357. The molecule has 0 amide bonds. The molecule has 0 N–H and O–H groups in total. The van der Waals surface area contributed by atoms with Gasteiger partial charge in [-0.25, -0.2) is 13.5 Å². The first kappa shape index (κ1) is 23.1. The predicted octanol–water partition coefficient (Wildman–Crippen LogP) is 4.95. The Balaban J connectivity index is 1.63. The van der Waals surface area contributed by atoms with Crippen LogP contribution in [0.3, 0.4) is 0 Å². The van der Waals surface area contributed by atoms with Gasteiger partial charge in [0.05, 0.1) is 23.2 Å². The van der Waals surface area contributed by atoms with Gasteiger partial charge in [0.1, 0.15) is 4.75 Å². The summed E-state index contributed by atoms with van der Waals surface area (Å²) in [5.41, 5.74) is 2.09.